The van der Waals surface area contributed by atoms with Gasteiger partial charge in [0.25, 0.3) is 0 Å². The summed E-state index contributed by atoms with van der Waals surface area (Å²) in [7, 11) is 0. The number of carbonyl (C=O) groups excluding carboxylic acids is 2. The number of esters is 1. The van der Waals surface area contributed by atoms with Crippen LogP contribution in [-0.2, 0) is 19.1 Å². The molecule has 1 N–H and O–H groups in total. The van der Waals surface area contributed by atoms with E-state index in [1.807, 2.05) is 19.1 Å². The number of aliphatic hydroxyl groups is 1. The van der Waals surface area contributed by atoms with Crippen molar-refractivity contribution in [1.82, 2.24) is 0 Å². The van der Waals surface area contributed by atoms with E-state index in [2.05, 4.69) is 19.9 Å². The molecule has 0 radical (unpaired) electrons. The maximum Gasteiger partial charge on any atom is 0.303 e. The molecule has 4 atom stereocenters. The highest BCUT2D eigenvalue weighted by Crippen LogP contribution is 2.37. The highest BCUT2D eigenvalue weighted by Gasteiger charge is 2.50. The number of carbonyl (C=O) groups is 2. The van der Waals surface area contributed by atoms with Gasteiger partial charge in [-0.2, -0.15) is 0 Å². The van der Waals surface area contributed by atoms with Gasteiger partial charge in [0, 0.05) is 6.92 Å². The second-order valence-electron chi connectivity index (χ2n) is 7.28. The van der Waals surface area contributed by atoms with E-state index in [-0.39, 0.29) is 12.5 Å². The predicted molar refractivity (Wildman–Crippen MR) is 99.1 cm³/mol. The van der Waals surface area contributed by atoms with Crippen LogP contribution in [0.2, 0.25) is 0 Å². The predicted octanol–water partition coefficient (Wildman–Crippen LogP) is 3.26. The first kappa shape index (κ1) is 20.2. The first-order chi connectivity index (χ1) is 12.1. The zero-order valence-electron chi connectivity index (χ0n) is 16.1. The van der Waals surface area contributed by atoms with Crippen molar-refractivity contribution in [3.63, 3.8) is 0 Å². The van der Waals surface area contributed by atoms with Crippen LogP contribution in [0.3, 0.4) is 0 Å². The molecule has 0 spiro atoms. The van der Waals surface area contributed by atoms with Crippen molar-refractivity contribution in [2.45, 2.75) is 52.7 Å². The van der Waals surface area contributed by atoms with Crippen molar-refractivity contribution in [2.75, 3.05) is 6.61 Å². The maximum atomic E-state index is 12.3. The number of ether oxygens (including phenoxy) is 2. The summed E-state index contributed by atoms with van der Waals surface area (Å²) in [5.41, 5.74) is 0.0997. The van der Waals surface area contributed by atoms with Gasteiger partial charge in [-0.05, 0) is 43.6 Å². The van der Waals surface area contributed by atoms with Crippen LogP contribution in [-0.4, -0.2) is 35.2 Å². The summed E-state index contributed by atoms with van der Waals surface area (Å²) in [5.74, 6) is -0.231. The van der Waals surface area contributed by atoms with Gasteiger partial charge >= 0.3 is 5.97 Å². The van der Waals surface area contributed by atoms with Crippen LogP contribution >= 0.6 is 0 Å². The van der Waals surface area contributed by atoms with E-state index < -0.39 is 23.5 Å². The van der Waals surface area contributed by atoms with Gasteiger partial charge in [-0.15, -0.1) is 0 Å². The fourth-order valence-corrected chi connectivity index (χ4v) is 3.14. The summed E-state index contributed by atoms with van der Waals surface area (Å²) in [4.78, 5) is 23.7. The fraction of sp³-hybridized carbons (Fsp3) is 0.524. The molecule has 0 amide bonds. The Balaban J connectivity index is 2.25. The van der Waals surface area contributed by atoms with Crippen molar-refractivity contribution in [1.29, 1.82) is 0 Å². The second-order valence-corrected chi connectivity index (χ2v) is 7.28. The third kappa shape index (κ3) is 4.52. The van der Waals surface area contributed by atoms with Gasteiger partial charge in [-0.3, -0.25) is 9.59 Å². The summed E-state index contributed by atoms with van der Waals surface area (Å²) in [5, 5.41) is 10.5. The first-order valence-corrected chi connectivity index (χ1v) is 9.01. The number of ketones is 1. The third-order valence-corrected chi connectivity index (χ3v) is 4.88. The van der Waals surface area contributed by atoms with E-state index in [1.54, 1.807) is 6.08 Å². The van der Waals surface area contributed by atoms with Crippen molar-refractivity contribution < 1.29 is 24.2 Å². The van der Waals surface area contributed by atoms with Crippen molar-refractivity contribution >= 4 is 11.8 Å². The minimum absolute atomic E-state index is 0.234. The fourth-order valence-electron chi connectivity index (χ4n) is 3.14. The van der Waals surface area contributed by atoms with Gasteiger partial charge in [0.1, 0.15) is 11.9 Å². The topological polar surface area (TPSA) is 72.8 Å². The molecule has 0 saturated carbocycles. The summed E-state index contributed by atoms with van der Waals surface area (Å²) in [6, 6.07) is 0. The molecule has 1 aliphatic carbocycles. The van der Waals surface area contributed by atoms with Gasteiger partial charge in [-0.25, -0.2) is 0 Å². The van der Waals surface area contributed by atoms with Crippen molar-refractivity contribution in [2.24, 2.45) is 11.8 Å². The number of hydrogen-bond donors (Lipinski definition) is 1. The SMILES string of the molecule is CCC(C)/C=C(C)/C=C/C1=CC2=CC(=O)C(C)(O)C(OC(C)=O)C2CO1. The number of allylic oxidation sites excluding steroid dienone is 5. The molecular formula is C21H28O5. The molecule has 5 nitrogen and oxygen atoms in total. The average molecular weight is 360 g/mol. The Morgan fingerprint density at radius 3 is 2.77 bits per heavy atom. The normalized spacial score (nSPS) is 30.2. The molecule has 1 aliphatic heterocycles. The van der Waals surface area contributed by atoms with Gasteiger partial charge in [0.2, 0.25) is 0 Å². The lowest BCUT2D eigenvalue weighted by molar-refractivity contribution is -0.174. The molecule has 0 bridgehead atoms. The zero-order chi connectivity index (χ0) is 19.5. The summed E-state index contributed by atoms with van der Waals surface area (Å²) in [6.07, 6.45) is 9.35. The molecule has 0 aromatic heterocycles. The third-order valence-electron chi connectivity index (χ3n) is 4.88. The van der Waals surface area contributed by atoms with E-state index in [4.69, 9.17) is 9.47 Å². The molecule has 0 saturated heterocycles. The summed E-state index contributed by atoms with van der Waals surface area (Å²) in [6.45, 7) is 9.21. The standard InChI is InChI=1S/C21H28O5/c1-6-13(2)9-14(3)7-8-17-10-16-11-19(23)21(5,24)20(26-15(4)22)18(16)12-25-17/h7-11,13,18,20,24H,6,12H2,1-5H3/b8-7+,14-9+. The number of hydrogen-bond acceptors (Lipinski definition) is 5. The van der Waals surface area contributed by atoms with Crippen molar-refractivity contribution in [3.8, 4) is 0 Å². The Morgan fingerprint density at radius 1 is 1.46 bits per heavy atom. The lowest BCUT2D eigenvalue weighted by Gasteiger charge is -2.41. The highest BCUT2D eigenvalue weighted by atomic mass is 16.6. The molecule has 1 heterocycles. The van der Waals surface area contributed by atoms with Crippen LogP contribution in [0.4, 0.5) is 0 Å². The molecule has 5 heteroatoms. The molecular weight excluding hydrogens is 332 g/mol. The molecule has 142 valence electrons. The Bertz CT molecular complexity index is 693. The van der Waals surface area contributed by atoms with Gasteiger partial charge in [-0.1, -0.05) is 38.0 Å². The van der Waals surface area contributed by atoms with Gasteiger partial charge in [0.05, 0.1) is 12.5 Å². The van der Waals surface area contributed by atoms with Crippen LogP contribution in [0.15, 0.2) is 47.3 Å². The van der Waals surface area contributed by atoms with E-state index >= 15 is 0 Å². The molecule has 4 unspecified atom stereocenters. The molecule has 26 heavy (non-hydrogen) atoms. The Morgan fingerprint density at radius 2 is 2.15 bits per heavy atom. The molecule has 0 fully saturated rings. The van der Waals surface area contributed by atoms with Crippen LogP contribution in [0.1, 0.15) is 41.0 Å². The van der Waals surface area contributed by atoms with Gasteiger partial charge < -0.3 is 14.6 Å². The summed E-state index contributed by atoms with van der Waals surface area (Å²) < 4.78 is 11.0. The van der Waals surface area contributed by atoms with E-state index in [0.717, 1.165) is 12.0 Å². The minimum atomic E-state index is -1.75. The van der Waals surface area contributed by atoms with Gasteiger partial charge in [0.15, 0.2) is 11.4 Å². The minimum Gasteiger partial charge on any atom is -0.493 e. The van der Waals surface area contributed by atoms with Crippen molar-refractivity contribution in [3.05, 3.63) is 47.3 Å². The largest absolute Gasteiger partial charge is 0.493 e. The van der Waals surface area contributed by atoms with E-state index in [1.165, 1.54) is 19.9 Å². The molecule has 2 rings (SSSR count). The quantitative estimate of drug-likeness (QED) is 0.602. The lowest BCUT2D eigenvalue weighted by Crippen LogP contribution is -2.56. The molecule has 2 aliphatic rings. The van der Waals surface area contributed by atoms with Crippen LogP contribution in [0.25, 0.3) is 0 Å². The Kier molecular flexibility index (Phi) is 6.24. The zero-order valence-corrected chi connectivity index (χ0v) is 16.1. The maximum absolute atomic E-state index is 12.3. The second kappa shape index (κ2) is 8.04. The smallest absolute Gasteiger partial charge is 0.303 e. The lowest BCUT2D eigenvalue weighted by atomic mass is 9.75. The Labute approximate surface area is 155 Å². The summed E-state index contributed by atoms with van der Waals surface area (Å²) >= 11 is 0. The first-order valence-electron chi connectivity index (χ1n) is 9.01. The highest BCUT2D eigenvalue weighted by molar-refractivity contribution is 5.99. The van der Waals surface area contributed by atoms with E-state index in [9.17, 15) is 14.7 Å². The average Bonchev–Trinajstić information content (AvgIpc) is 2.57. The van der Waals surface area contributed by atoms with Crippen LogP contribution < -0.4 is 0 Å². The molecule has 0 aromatic carbocycles. The monoisotopic (exact) mass is 360 g/mol. The van der Waals surface area contributed by atoms with Crippen LogP contribution in [0.5, 0.6) is 0 Å². The molecule has 0 aromatic rings. The Hall–Kier alpha value is -2.14. The van der Waals surface area contributed by atoms with Crippen LogP contribution in [0, 0.1) is 11.8 Å². The van der Waals surface area contributed by atoms with E-state index in [0.29, 0.717) is 17.3 Å². The number of fused-ring (bicyclic) bond motifs is 1. The number of rotatable bonds is 5.